The number of hydrogen-bond donors (Lipinski definition) is 2. The van der Waals surface area contributed by atoms with Gasteiger partial charge in [-0.25, -0.2) is 9.97 Å². The Labute approximate surface area is 112 Å². The number of H-pyrrole nitrogens is 1. The number of nitrogens with zero attached hydrogens (tertiary/aromatic N) is 4. The first kappa shape index (κ1) is 11.4. The molecule has 3 aromatic rings. The van der Waals surface area contributed by atoms with Gasteiger partial charge in [-0.05, 0) is 12.1 Å². The summed E-state index contributed by atoms with van der Waals surface area (Å²) in [5.74, 6) is 0.694. The van der Waals surface area contributed by atoms with Gasteiger partial charge in [0.2, 0.25) is 0 Å². The maximum absolute atomic E-state index is 9.14. The van der Waals surface area contributed by atoms with Gasteiger partial charge < -0.3 is 5.32 Å². The average molecular weight is 268 g/mol. The molecule has 0 bridgehead atoms. The van der Waals surface area contributed by atoms with Crippen molar-refractivity contribution in [3.05, 3.63) is 41.7 Å². The van der Waals surface area contributed by atoms with Gasteiger partial charge in [-0.2, -0.15) is 10.4 Å². The highest BCUT2D eigenvalue weighted by molar-refractivity contribution is 7.16. The third-order valence-electron chi connectivity index (χ3n) is 2.40. The van der Waals surface area contributed by atoms with Gasteiger partial charge >= 0.3 is 0 Å². The molecule has 3 rings (SSSR count). The second kappa shape index (κ2) is 4.88. The zero-order chi connectivity index (χ0) is 13.1. The molecule has 0 aromatic carbocycles. The SMILES string of the molecule is N#Cc1sc(Nc2ccccn2)nc1-c1cn[nH]c1. The van der Waals surface area contributed by atoms with Gasteiger partial charge in [0.25, 0.3) is 0 Å². The van der Waals surface area contributed by atoms with Crippen LogP contribution in [-0.4, -0.2) is 20.2 Å². The maximum Gasteiger partial charge on any atom is 0.190 e. The predicted molar refractivity (Wildman–Crippen MR) is 71.9 cm³/mol. The second-order valence-electron chi connectivity index (χ2n) is 3.64. The first-order chi connectivity index (χ1) is 9.36. The second-order valence-corrected chi connectivity index (χ2v) is 4.63. The molecule has 2 N–H and O–H groups in total. The third kappa shape index (κ3) is 2.29. The van der Waals surface area contributed by atoms with Crippen molar-refractivity contribution in [2.45, 2.75) is 0 Å². The zero-order valence-corrected chi connectivity index (χ0v) is 10.5. The minimum atomic E-state index is 0.542. The Balaban J connectivity index is 1.95. The Morgan fingerprint density at radius 1 is 1.37 bits per heavy atom. The van der Waals surface area contributed by atoms with Crippen LogP contribution in [0.25, 0.3) is 11.3 Å². The maximum atomic E-state index is 9.14. The Bertz CT molecular complexity index is 711. The van der Waals surface area contributed by atoms with Gasteiger partial charge in [0, 0.05) is 18.0 Å². The molecular formula is C12H8N6S. The smallest absolute Gasteiger partial charge is 0.190 e. The molecule has 0 amide bonds. The van der Waals surface area contributed by atoms with Crippen molar-refractivity contribution in [1.29, 1.82) is 5.26 Å². The predicted octanol–water partition coefficient (Wildman–Crippen LogP) is 2.54. The third-order valence-corrected chi connectivity index (χ3v) is 3.28. The van der Waals surface area contributed by atoms with E-state index in [2.05, 4.69) is 31.6 Å². The van der Waals surface area contributed by atoms with Crippen molar-refractivity contribution < 1.29 is 0 Å². The summed E-state index contributed by atoms with van der Waals surface area (Å²) in [5.41, 5.74) is 1.42. The number of nitrogens with one attached hydrogen (secondary N) is 2. The first-order valence-electron chi connectivity index (χ1n) is 5.45. The van der Waals surface area contributed by atoms with E-state index in [1.165, 1.54) is 11.3 Å². The molecule has 0 atom stereocenters. The fraction of sp³-hybridized carbons (Fsp3) is 0. The van der Waals surface area contributed by atoms with Crippen LogP contribution in [0.3, 0.4) is 0 Å². The molecule has 7 heteroatoms. The first-order valence-corrected chi connectivity index (χ1v) is 6.26. The molecule has 3 heterocycles. The highest BCUT2D eigenvalue weighted by atomic mass is 32.1. The highest BCUT2D eigenvalue weighted by Crippen LogP contribution is 2.31. The Kier molecular flexibility index (Phi) is 2.92. The highest BCUT2D eigenvalue weighted by Gasteiger charge is 2.13. The lowest BCUT2D eigenvalue weighted by atomic mass is 10.2. The van der Waals surface area contributed by atoms with Crippen LogP contribution in [0.5, 0.6) is 0 Å². The van der Waals surface area contributed by atoms with Crippen LogP contribution >= 0.6 is 11.3 Å². The minimum absolute atomic E-state index is 0.542. The van der Waals surface area contributed by atoms with Crippen LogP contribution in [0.15, 0.2) is 36.8 Å². The molecular weight excluding hydrogens is 260 g/mol. The van der Waals surface area contributed by atoms with Gasteiger partial charge in [-0.1, -0.05) is 17.4 Å². The summed E-state index contributed by atoms with van der Waals surface area (Å²) in [7, 11) is 0. The standard InChI is InChI=1S/C12H8N6S/c13-5-9-11(8-6-15-16-7-8)18-12(19-9)17-10-3-1-2-4-14-10/h1-4,6-7H,(H,15,16)(H,14,17,18). The van der Waals surface area contributed by atoms with Crippen LogP contribution in [-0.2, 0) is 0 Å². The molecule has 0 aliphatic rings. The number of thiazole rings is 1. The lowest BCUT2D eigenvalue weighted by molar-refractivity contribution is 1.09. The molecule has 0 radical (unpaired) electrons. The number of anilines is 2. The molecule has 3 aromatic heterocycles. The lowest BCUT2D eigenvalue weighted by Gasteiger charge is -1.98. The number of pyridine rings is 1. The molecule has 0 saturated heterocycles. The van der Waals surface area contributed by atoms with Crippen molar-refractivity contribution >= 4 is 22.3 Å². The zero-order valence-electron chi connectivity index (χ0n) is 9.66. The molecule has 0 spiro atoms. The van der Waals surface area contributed by atoms with E-state index in [9.17, 15) is 0 Å². The van der Waals surface area contributed by atoms with Crippen molar-refractivity contribution in [2.75, 3.05) is 5.32 Å². The topological polar surface area (TPSA) is 90.3 Å². The van der Waals surface area contributed by atoms with E-state index in [0.29, 0.717) is 21.5 Å². The summed E-state index contributed by atoms with van der Waals surface area (Å²) in [5, 5.41) is 19.4. The Morgan fingerprint density at radius 3 is 3.00 bits per heavy atom. The van der Waals surface area contributed by atoms with Crippen LogP contribution in [0.1, 0.15) is 4.88 Å². The lowest BCUT2D eigenvalue weighted by Crippen LogP contribution is -1.91. The molecule has 0 saturated carbocycles. The van der Waals surface area contributed by atoms with E-state index in [1.54, 1.807) is 18.6 Å². The van der Waals surface area contributed by atoms with E-state index < -0.39 is 0 Å². The number of nitriles is 1. The van der Waals surface area contributed by atoms with Gasteiger partial charge in [0.1, 0.15) is 22.5 Å². The summed E-state index contributed by atoms with van der Waals surface area (Å²) in [6.45, 7) is 0. The van der Waals surface area contributed by atoms with Crippen LogP contribution < -0.4 is 5.32 Å². The number of rotatable bonds is 3. The van der Waals surface area contributed by atoms with Crippen molar-refractivity contribution in [3.63, 3.8) is 0 Å². The fourth-order valence-corrected chi connectivity index (χ4v) is 2.36. The number of aromatic nitrogens is 4. The Morgan fingerprint density at radius 2 is 2.32 bits per heavy atom. The largest absolute Gasteiger partial charge is 0.316 e. The summed E-state index contributed by atoms with van der Waals surface area (Å²) < 4.78 is 0. The molecule has 0 unspecified atom stereocenters. The van der Waals surface area contributed by atoms with Crippen molar-refractivity contribution in [3.8, 4) is 17.3 Å². The Hall–Kier alpha value is -2.72. The molecule has 6 nitrogen and oxygen atoms in total. The summed E-state index contributed by atoms with van der Waals surface area (Å²) in [6.07, 6.45) is 5.04. The van der Waals surface area contributed by atoms with Crippen LogP contribution in [0.2, 0.25) is 0 Å². The average Bonchev–Trinajstić information content (AvgIpc) is 3.08. The van der Waals surface area contributed by atoms with E-state index in [4.69, 9.17) is 5.26 Å². The van der Waals surface area contributed by atoms with Crippen molar-refractivity contribution in [1.82, 2.24) is 20.2 Å². The summed E-state index contributed by atoms with van der Waals surface area (Å²) >= 11 is 1.29. The normalized spacial score (nSPS) is 10.1. The fourth-order valence-electron chi connectivity index (χ4n) is 1.57. The monoisotopic (exact) mass is 268 g/mol. The van der Waals surface area contributed by atoms with E-state index in [0.717, 1.165) is 5.56 Å². The van der Waals surface area contributed by atoms with Crippen LogP contribution in [0.4, 0.5) is 10.9 Å². The molecule has 0 aliphatic heterocycles. The van der Waals surface area contributed by atoms with E-state index in [-0.39, 0.29) is 0 Å². The van der Waals surface area contributed by atoms with Gasteiger partial charge in [-0.3, -0.25) is 5.10 Å². The van der Waals surface area contributed by atoms with Crippen molar-refractivity contribution in [2.24, 2.45) is 0 Å². The summed E-state index contributed by atoms with van der Waals surface area (Å²) in [4.78, 5) is 9.10. The van der Waals surface area contributed by atoms with Crippen LogP contribution in [0, 0.1) is 11.3 Å². The van der Waals surface area contributed by atoms with E-state index in [1.807, 2.05) is 18.2 Å². The quantitative estimate of drug-likeness (QED) is 0.761. The van der Waals surface area contributed by atoms with E-state index >= 15 is 0 Å². The molecule has 0 fully saturated rings. The molecule has 19 heavy (non-hydrogen) atoms. The minimum Gasteiger partial charge on any atom is -0.316 e. The number of hydrogen-bond acceptors (Lipinski definition) is 6. The van der Waals surface area contributed by atoms with Gasteiger partial charge in [0.05, 0.1) is 6.20 Å². The molecule has 0 aliphatic carbocycles. The summed E-state index contributed by atoms with van der Waals surface area (Å²) in [6, 6.07) is 7.70. The van der Waals surface area contributed by atoms with Gasteiger partial charge in [-0.15, -0.1) is 0 Å². The number of aromatic amines is 1. The van der Waals surface area contributed by atoms with Gasteiger partial charge in [0.15, 0.2) is 5.13 Å². The molecule has 92 valence electrons.